The molecule has 1 amide bonds. The van der Waals surface area contributed by atoms with Crippen LogP contribution in [0.2, 0.25) is 0 Å². The lowest BCUT2D eigenvalue weighted by Gasteiger charge is -2.15. The van der Waals surface area contributed by atoms with E-state index in [4.69, 9.17) is 13.9 Å². The summed E-state index contributed by atoms with van der Waals surface area (Å²) in [6, 6.07) is 16.1. The van der Waals surface area contributed by atoms with Crippen LogP contribution in [-0.2, 0) is 17.4 Å². The second-order valence-electron chi connectivity index (χ2n) is 8.50. The Morgan fingerprint density at radius 2 is 1.73 bits per heavy atom. The van der Waals surface area contributed by atoms with Crippen LogP contribution >= 0.6 is 0 Å². The third kappa shape index (κ3) is 5.94. The summed E-state index contributed by atoms with van der Waals surface area (Å²) >= 11 is 0. The van der Waals surface area contributed by atoms with Gasteiger partial charge in [0.25, 0.3) is 11.7 Å². The Morgan fingerprint density at radius 1 is 1.00 bits per heavy atom. The summed E-state index contributed by atoms with van der Waals surface area (Å²) in [4.78, 5) is 25.3. The monoisotopic (exact) mass is 511 g/mol. The maximum absolute atomic E-state index is 13.9. The molecule has 192 valence electrons. The van der Waals surface area contributed by atoms with Crippen molar-refractivity contribution in [2.24, 2.45) is 0 Å². The van der Waals surface area contributed by atoms with Crippen molar-refractivity contribution in [2.75, 3.05) is 11.9 Å². The number of nitrogens with one attached hydrogen (secondary N) is 1. The lowest BCUT2D eigenvalue weighted by molar-refractivity contribution is -0.154. The van der Waals surface area contributed by atoms with E-state index >= 15 is 0 Å². The van der Waals surface area contributed by atoms with Gasteiger partial charge in [0, 0.05) is 11.8 Å². The number of rotatable bonds is 7. The third-order valence-electron chi connectivity index (χ3n) is 5.65. The molecule has 0 aliphatic rings. The summed E-state index contributed by atoms with van der Waals surface area (Å²) in [7, 11) is 0. The van der Waals surface area contributed by atoms with Gasteiger partial charge in [0.15, 0.2) is 6.61 Å². The molecule has 0 spiro atoms. The molecule has 1 heterocycles. The number of amides is 1. The van der Waals surface area contributed by atoms with Gasteiger partial charge in [-0.3, -0.25) is 9.59 Å². The first-order valence-electron chi connectivity index (χ1n) is 11.5. The fraction of sp³-hybridized carbons (Fsp3) is 0.214. The molecule has 1 aromatic heterocycles. The Kier molecular flexibility index (Phi) is 7.24. The van der Waals surface area contributed by atoms with Crippen molar-refractivity contribution in [1.82, 2.24) is 0 Å². The Balaban J connectivity index is 1.59. The van der Waals surface area contributed by atoms with E-state index in [0.717, 1.165) is 23.6 Å². The van der Waals surface area contributed by atoms with Gasteiger partial charge in [0.1, 0.15) is 17.1 Å². The number of hydrogen-bond acceptors (Lipinski definition) is 5. The number of benzene rings is 3. The molecule has 37 heavy (non-hydrogen) atoms. The van der Waals surface area contributed by atoms with Gasteiger partial charge in [-0.25, -0.2) is 0 Å². The molecule has 4 aromatic rings. The zero-order valence-electron chi connectivity index (χ0n) is 20.4. The second kappa shape index (κ2) is 10.4. The normalized spacial score (nSPS) is 11.4. The maximum Gasteiger partial charge on any atom is 0.453 e. The summed E-state index contributed by atoms with van der Waals surface area (Å²) in [5.41, 5.74) is 1.69. The Labute approximate surface area is 210 Å². The third-order valence-corrected chi connectivity index (χ3v) is 5.65. The molecule has 9 heteroatoms. The Hall–Kier alpha value is -4.27. The first-order valence-corrected chi connectivity index (χ1v) is 11.5. The number of hydrogen-bond donors (Lipinski definition) is 1. The van der Waals surface area contributed by atoms with Crippen LogP contribution in [0.15, 0.2) is 69.9 Å². The lowest BCUT2D eigenvalue weighted by atomic mass is 10.1. The molecular weight excluding hydrogens is 487 g/mol. The predicted octanol–water partition coefficient (Wildman–Crippen LogP) is 6.80. The molecule has 0 saturated carbocycles. The average molecular weight is 511 g/mol. The fourth-order valence-corrected chi connectivity index (χ4v) is 3.62. The first kappa shape index (κ1) is 25.8. The largest absolute Gasteiger partial charge is 0.484 e. The van der Waals surface area contributed by atoms with Crippen molar-refractivity contribution in [3.8, 4) is 17.2 Å². The first-order chi connectivity index (χ1) is 17.5. The highest BCUT2D eigenvalue weighted by atomic mass is 19.4. The molecule has 0 aliphatic carbocycles. The summed E-state index contributed by atoms with van der Waals surface area (Å²) in [6.07, 6.45) is -4.13. The van der Waals surface area contributed by atoms with Crippen LogP contribution in [0, 0.1) is 13.8 Å². The molecule has 3 aromatic carbocycles. The van der Waals surface area contributed by atoms with Crippen molar-refractivity contribution in [2.45, 2.75) is 33.4 Å². The molecule has 0 bridgehead atoms. The van der Waals surface area contributed by atoms with E-state index in [-0.39, 0.29) is 22.5 Å². The quantitative estimate of drug-likeness (QED) is 0.295. The average Bonchev–Trinajstić information content (AvgIpc) is 2.86. The minimum atomic E-state index is -5.00. The molecule has 1 N–H and O–H groups in total. The summed E-state index contributed by atoms with van der Waals surface area (Å²) < 4.78 is 57.6. The van der Waals surface area contributed by atoms with Gasteiger partial charge in [-0.2, -0.15) is 13.2 Å². The number of aryl methyl sites for hydroxylation is 3. The molecule has 0 aliphatic heterocycles. The zero-order chi connectivity index (χ0) is 26.7. The van der Waals surface area contributed by atoms with Gasteiger partial charge in [0.05, 0.1) is 5.39 Å². The van der Waals surface area contributed by atoms with Gasteiger partial charge in [-0.15, -0.1) is 0 Å². The van der Waals surface area contributed by atoms with Crippen LogP contribution in [0.3, 0.4) is 0 Å². The van der Waals surface area contributed by atoms with Crippen molar-refractivity contribution >= 4 is 22.6 Å². The number of carbonyl (C=O) groups excluding carboxylic acids is 1. The van der Waals surface area contributed by atoms with E-state index < -0.39 is 35.6 Å². The van der Waals surface area contributed by atoms with E-state index in [0.29, 0.717) is 11.3 Å². The topological polar surface area (TPSA) is 77.8 Å². The number of halogens is 3. The predicted molar refractivity (Wildman–Crippen MR) is 133 cm³/mol. The highest BCUT2D eigenvalue weighted by molar-refractivity contribution is 5.92. The van der Waals surface area contributed by atoms with Crippen LogP contribution in [0.25, 0.3) is 11.0 Å². The molecule has 6 nitrogen and oxygen atoms in total. The van der Waals surface area contributed by atoms with E-state index in [1.54, 1.807) is 44.2 Å². The highest BCUT2D eigenvalue weighted by Crippen LogP contribution is 2.39. The highest BCUT2D eigenvalue weighted by Gasteiger charge is 2.40. The van der Waals surface area contributed by atoms with E-state index in [2.05, 4.69) is 5.32 Å². The summed E-state index contributed by atoms with van der Waals surface area (Å²) in [5.74, 6) is -2.79. The van der Waals surface area contributed by atoms with Crippen molar-refractivity contribution in [3.63, 3.8) is 0 Å². The van der Waals surface area contributed by atoms with E-state index in [1.807, 2.05) is 19.1 Å². The van der Waals surface area contributed by atoms with E-state index in [9.17, 15) is 22.8 Å². The zero-order valence-corrected chi connectivity index (χ0v) is 20.4. The number of fused-ring (bicyclic) bond motifs is 1. The van der Waals surface area contributed by atoms with Crippen molar-refractivity contribution in [3.05, 3.63) is 93.3 Å². The standard InChI is InChI=1S/C28H24F3NO5/c1-4-18-7-9-19(10-8-18)32-24(33)15-35-20-11-12-21-23(14-20)37-27(28(29,30)31)26(25(21)34)36-22-13-16(2)5-6-17(22)3/h5-14H,4,15H2,1-3H3,(H,32,33). The minimum absolute atomic E-state index is 0.0588. The van der Waals surface area contributed by atoms with Crippen LogP contribution in [0.5, 0.6) is 17.2 Å². The van der Waals surface area contributed by atoms with Crippen LogP contribution in [0.4, 0.5) is 18.9 Å². The SMILES string of the molecule is CCc1ccc(NC(=O)COc2ccc3c(=O)c(Oc4cc(C)ccc4C)c(C(F)(F)F)oc3c2)cc1. The molecular formula is C28H24F3NO5. The molecule has 0 radical (unpaired) electrons. The smallest absolute Gasteiger partial charge is 0.453 e. The Bertz CT molecular complexity index is 1510. The summed E-state index contributed by atoms with van der Waals surface area (Å²) in [6.45, 7) is 5.03. The number of ether oxygens (including phenoxy) is 2. The van der Waals surface area contributed by atoms with Crippen LogP contribution in [-0.4, -0.2) is 12.5 Å². The Morgan fingerprint density at radius 3 is 2.41 bits per heavy atom. The molecule has 0 unspecified atom stereocenters. The van der Waals surface area contributed by atoms with Gasteiger partial charge in [-0.1, -0.05) is 31.2 Å². The van der Waals surface area contributed by atoms with Crippen molar-refractivity contribution < 1.29 is 31.9 Å². The molecule has 0 fully saturated rings. The molecule has 0 saturated heterocycles. The van der Waals surface area contributed by atoms with Crippen molar-refractivity contribution in [1.29, 1.82) is 0 Å². The van der Waals surface area contributed by atoms with Crippen LogP contribution in [0.1, 0.15) is 29.4 Å². The van der Waals surface area contributed by atoms with Crippen LogP contribution < -0.4 is 20.2 Å². The number of anilines is 1. The van der Waals surface area contributed by atoms with E-state index in [1.165, 1.54) is 12.1 Å². The summed E-state index contributed by atoms with van der Waals surface area (Å²) in [5, 5.41) is 2.55. The molecule has 4 rings (SSSR count). The maximum atomic E-state index is 13.9. The lowest BCUT2D eigenvalue weighted by Crippen LogP contribution is -2.20. The van der Waals surface area contributed by atoms with Gasteiger partial charge < -0.3 is 19.2 Å². The van der Waals surface area contributed by atoms with Gasteiger partial charge in [0.2, 0.25) is 11.2 Å². The van der Waals surface area contributed by atoms with Gasteiger partial charge in [-0.05, 0) is 67.3 Å². The number of alkyl halides is 3. The minimum Gasteiger partial charge on any atom is -0.484 e. The second-order valence-corrected chi connectivity index (χ2v) is 8.50. The fourth-order valence-electron chi connectivity index (χ4n) is 3.62. The molecule has 0 atom stereocenters. The number of carbonyl (C=O) groups is 1. The van der Waals surface area contributed by atoms with Gasteiger partial charge >= 0.3 is 6.18 Å².